The summed E-state index contributed by atoms with van der Waals surface area (Å²) >= 11 is 7.36. The third-order valence-corrected chi connectivity index (χ3v) is 7.90. The summed E-state index contributed by atoms with van der Waals surface area (Å²) < 4.78 is 15.1. The van der Waals surface area contributed by atoms with Gasteiger partial charge in [-0.05, 0) is 73.0 Å². The molecule has 7 nitrogen and oxygen atoms in total. The lowest BCUT2D eigenvalue weighted by molar-refractivity contribution is -0.123. The van der Waals surface area contributed by atoms with Crippen LogP contribution in [0.5, 0.6) is 0 Å². The van der Waals surface area contributed by atoms with Crippen molar-refractivity contribution in [2.75, 3.05) is 13.1 Å². The molecule has 0 radical (unpaired) electrons. The second kappa shape index (κ2) is 11.0. The smallest absolute Gasteiger partial charge is 0.266 e. The van der Waals surface area contributed by atoms with E-state index in [1.807, 2.05) is 12.1 Å². The minimum Gasteiger partial charge on any atom is -0.369 e. The normalized spacial score (nSPS) is 14.1. The first-order chi connectivity index (χ1) is 18.3. The van der Waals surface area contributed by atoms with Gasteiger partial charge in [0, 0.05) is 35.3 Å². The summed E-state index contributed by atoms with van der Waals surface area (Å²) in [5, 5.41) is 1.38. The molecule has 2 heterocycles. The fraction of sp³-hybridized carbons (Fsp3) is 0.214. The van der Waals surface area contributed by atoms with Crippen LogP contribution in [0.3, 0.4) is 0 Å². The first-order valence-electron chi connectivity index (χ1n) is 12.1. The Labute approximate surface area is 227 Å². The predicted molar refractivity (Wildman–Crippen MR) is 146 cm³/mol. The summed E-state index contributed by atoms with van der Waals surface area (Å²) in [7, 11) is 0. The monoisotopic (exact) mass is 550 g/mol. The molecule has 1 aliphatic heterocycles. The van der Waals surface area contributed by atoms with Gasteiger partial charge in [-0.15, -0.1) is 0 Å². The zero-order chi connectivity index (χ0) is 26.8. The van der Waals surface area contributed by atoms with Crippen molar-refractivity contribution < 1.29 is 14.0 Å². The highest BCUT2D eigenvalue weighted by Gasteiger charge is 2.27. The number of piperidine rings is 1. The molecule has 10 heteroatoms. The number of hydrogen-bond donors (Lipinski definition) is 1. The van der Waals surface area contributed by atoms with Crippen LogP contribution < -0.4 is 11.3 Å². The van der Waals surface area contributed by atoms with Crippen molar-refractivity contribution in [1.82, 2.24) is 14.5 Å². The van der Waals surface area contributed by atoms with Crippen LogP contribution in [0.4, 0.5) is 4.39 Å². The molecule has 1 fully saturated rings. The molecule has 38 heavy (non-hydrogen) atoms. The lowest BCUT2D eigenvalue weighted by atomic mass is 9.96. The van der Waals surface area contributed by atoms with E-state index in [1.165, 1.54) is 40.6 Å². The number of hydrogen-bond acceptors (Lipinski definition) is 5. The van der Waals surface area contributed by atoms with Crippen molar-refractivity contribution >= 4 is 46.1 Å². The van der Waals surface area contributed by atoms with Gasteiger partial charge >= 0.3 is 0 Å². The number of primary amides is 1. The highest BCUT2D eigenvalue weighted by atomic mass is 35.5. The van der Waals surface area contributed by atoms with E-state index in [0.29, 0.717) is 64.0 Å². The highest BCUT2D eigenvalue weighted by molar-refractivity contribution is 7.98. The van der Waals surface area contributed by atoms with Crippen molar-refractivity contribution in [2.24, 2.45) is 11.7 Å². The van der Waals surface area contributed by atoms with Gasteiger partial charge in [-0.2, -0.15) is 0 Å². The van der Waals surface area contributed by atoms with E-state index in [1.54, 1.807) is 35.2 Å². The van der Waals surface area contributed by atoms with Crippen molar-refractivity contribution in [1.29, 1.82) is 0 Å². The molecule has 194 valence electrons. The first-order valence-corrected chi connectivity index (χ1v) is 13.4. The highest BCUT2D eigenvalue weighted by Crippen LogP contribution is 2.26. The Morgan fingerprint density at radius 1 is 1.03 bits per heavy atom. The van der Waals surface area contributed by atoms with Crippen molar-refractivity contribution in [3.8, 4) is 5.69 Å². The van der Waals surface area contributed by atoms with E-state index in [2.05, 4.69) is 0 Å². The molecule has 0 atom stereocenters. The number of fused-ring (bicyclic) bond motifs is 1. The molecular weight excluding hydrogens is 527 g/mol. The quantitative estimate of drug-likeness (QED) is 0.274. The van der Waals surface area contributed by atoms with Gasteiger partial charge in [0.05, 0.1) is 16.6 Å². The standard InChI is InChI=1S/C28H24ClFN4O3S/c29-20-4-1-17(2-5-20)16-38-28-32-24-15-19(26(36)33-13-11-18(12-14-33)25(31)35)3-10-23(24)27(37)34(28)22-8-6-21(30)7-9-22/h1-10,15,18H,11-14,16H2,(H2,31,35). The number of rotatable bonds is 6. The molecule has 0 saturated carbocycles. The van der Waals surface area contributed by atoms with Crippen LogP contribution in [0.15, 0.2) is 76.7 Å². The maximum absolute atomic E-state index is 13.6. The number of aromatic nitrogens is 2. The third-order valence-electron chi connectivity index (χ3n) is 6.64. The predicted octanol–water partition coefficient (Wildman–Crippen LogP) is 4.81. The Morgan fingerprint density at radius 3 is 2.37 bits per heavy atom. The summed E-state index contributed by atoms with van der Waals surface area (Å²) in [6.45, 7) is 0.874. The molecule has 3 aromatic carbocycles. The summed E-state index contributed by atoms with van der Waals surface area (Å²) in [4.78, 5) is 44.8. The number of carbonyl (C=O) groups excluding carboxylic acids is 2. The average molecular weight is 551 g/mol. The van der Waals surface area contributed by atoms with Crippen LogP contribution in [-0.2, 0) is 10.5 Å². The van der Waals surface area contributed by atoms with Crippen LogP contribution in [0.1, 0.15) is 28.8 Å². The molecule has 1 saturated heterocycles. The van der Waals surface area contributed by atoms with E-state index >= 15 is 0 Å². The molecule has 2 N–H and O–H groups in total. The summed E-state index contributed by atoms with van der Waals surface area (Å²) in [5.74, 6) is -0.636. The first kappa shape index (κ1) is 25.9. The molecule has 2 amide bonds. The molecule has 5 rings (SSSR count). The van der Waals surface area contributed by atoms with Gasteiger partial charge in [0.1, 0.15) is 5.82 Å². The third kappa shape index (κ3) is 5.44. The van der Waals surface area contributed by atoms with Crippen molar-refractivity contribution in [3.63, 3.8) is 0 Å². The lowest BCUT2D eigenvalue weighted by Crippen LogP contribution is -2.41. The molecular formula is C28H24ClFN4O3S. The lowest BCUT2D eigenvalue weighted by Gasteiger charge is -2.30. The zero-order valence-corrected chi connectivity index (χ0v) is 21.8. The number of amides is 2. The number of likely N-dealkylation sites (tertiary alicyclic amines) is 1. The molecule has 1 aliphatic rings. The van der Waals surface area contributed by atoms with E-state index < -0.39 is 5.82 Å². The topological polar surface area (TPSA) is 98.3 Å². The number of benzene rings is 3. The fourth-order valence-corrected chi connectivity index (χ4v) is 5.59. The molecule has 0 spiro atoms. The van der Waals surface area contributed by atoms with E-state index in [9.17, 15) is 18.8 Å². The van der Waals surface area contributed by atoms with Crippen LogP contribution >= 0.6 is 23.4 Å². The molecule has 1 aromatic heterocycles. The molecule has 0 unspecified atom stereocenters. The van der Waals surface area contributed by atoms with Gasteiger partial charge in [0.2, 0.25) is 5.91 Å². The summed E-state index contributed by atoms with van der Waals surface area (Å²) in [5.41, 5.74) is 7.38. The molecule has 0 aliphatic carbocycles. The van der Waals surface area contributed by atoms with E-state index in [4.69, 9.17) is 22.3 Å². The minimum atomic E-state index is -0.408. The number of nitrogens with zero attached hydrogens (tertiary/aromatic N) is 3. The molecule has 4 aromatic rings. The maximum Gasteiger partial charge on any atom is 0.266 e. The Bertz CT molecular complexity index is 1570. The van der Waals surface area contributed by atoms with E-state index in [-0.39, 0.29) is 23.3 Å². The number of halogens is 2. The second-order valence-corrected chi connectivity index (χ2v) is 10.5. The Hall–Kier alpha value is -3.69. The maximum atomic E-state index is 13.6. The number of thioether (sulfide) groups is 1. The molecule has 0 bridgehead atoms. The fourth-order valence-electron chi connectivity index (χ4n) is 4.49. The van der Waals surface area contributed by atoms with Crippen LogP contribution in [-0.4, -0.2) is 39.4 Å². The largest absolute Gasteiger partial charge is 0.369 e. The van der Waals surface area contributed by atoms with Gasteiger partial charge in [-0.25, -0.2) is 9.37 Å². The van der Waals surface area contributed by atoms with E-state index in [0.717, 1.165) is 5.56 Å². The van der Waals surface area contributed by atoms with Crippen LogP contribution in [0.2, 0.25) is 5.02 Å². The number of nitrogens with two attached hydrogens (primary N) is 1. The minimum absolute atomic E-state index is 0.185. The van der Waals surface area contributed by atoms with Gasteiger partial charge in [0.25, 0.3) is 11.5 Å². The van der Waals surface area contributed by atoms with Gasteiger partial charge < -0.3 is 10.6 Å². The van der Waals surface area contributed by atoms with Crippen molar-refractivity contribution in [2.45, 2.75) is 23.8 Å². The van der Waals surface area contributed by atoms with Crippen LogP contribution in [0.25, 0.3) is 16.6 Å². The van der Waals surface area contributed by atoms with Gasteiger partial charge in [-0.1, -0.05) is 35.5 Å². The number of carbonyl (C=O) groups is 2. The summed E-state index contributed by atoms with van der Waals surface area (Å²) in [6.07, 6.45) is 1.06. The summed E-state index contributed by atoms with van der Waals surface area (Å²) in [6, 6.07) is 17.9. The average Bonchev–Trinajstić information content (AvgIpc) is 2.93. The Morgan fingerprint density at radius 2 is 1.71 bits per heavy atom. The SMILES string of the molecule is NC(=O)C1CCN(C(=O)c2ccc3c(=O)n(-c4ccc(F)cc4)c(SCc4ccc(Cl)cc4)nc3c2)CC1. The Balaban J connectivity index is 1.51. The van der Waals surface area contributed by atoms with Gasteiger partial charge in [0.15, 0.2) is 5.16 Å². The van der Waals surface area contributed by atoms with Crippen molar-refractivity contribution in [3.05, 3.63) is 99.1 Å². The zero-order valence-electron chi connectivity index (χ0n) is 20.3. The second-order valence-electron chi connectivity index (χ2n) is 9.13. The van der Waals surface area contributed by atoms with Gasteiger partial charge in [-0.3, -0.25) is 19.0 Å². The van der Waals surface area contributed by atoms with Crippen LogP contribution in [0, 0.1) is 11.7 Å². The Kier molecular flexibility index (Phi) is 7.49.